The van der Waals surface area contributed by atoms with Gasteiger partial charge in [0, 0.05) is 0 Å². The van der Waals surface area contributed by atoms with Gasteiger partial charge >= 0.3 is 6.09 Å². The molecule has 1 saturated heterocycles. The first-order valence-corrected chi connectivity index (χ1v) is 5.33. The standard InChI is InChI=1S/C11H20NO3/c1-11(2,3)15-10(14)12(4)7-5-9(13)6-8-12/h5-8H2,1-4H3/q+1. The largest absolute Gasteiger partial charge is 0.516 e. The average Bonchev–Trinajstić information content (AvgIpc) is 2.07. The van der Waals surface area contributed by atoms with Crippen LogP contribution in [0.1, 0.15) is 33.6 Å². The van der Waals surface area contributed by atoms with Crippen LogP contribution in [0, 0.1) is 0 Å². The zero-order valence-corrected chi connectivity index (χ0v) is 10.0. The molecule has 1 rings (SSSR count). The first-order valence-electron chi connectivity index (χ1n) is 5.33. The van der Waals surface area contributed by atoms with Gasteiger partial charge in [-0.05, 0) is 20.8 Å². The number of nitrogens with zero attached hydrogens (tertiary/aromatic N) is 1. The second kappa shape index (κ2) is 3.93. The molecule has 0 aromatic carbocycles. The number of amides is 1. The van der Waals surface area contributed by atoms with Crippen molar-refractivity contribution in [3.8, 4) is 0 Å². The summed E-state index contributed by atoms with van der Waals surface area (Å²) in [4.78, 5) is 23.0. The highest BCUT2D eigenvalue weighted by Crippen LogP contribution is 2.19. The predicted octanol–water partition coefficient (Wildman–Crippen LogP) is 1.73. The van der Waals surface area contributed by atoms with E-state index in [1.807, 2.05) is 27.8 Å². The van der Waals surface area contributed by atoms with Gasteiger partial charge in [-0.15, -0.1) is 0 Å². The number of carbonyl (C=O) groups is 2. The van der Waals surface area contributed by atoms with E-state index in [0.717, 1.165) is 0 Å². The van der Waals surface area contributed by atoms with Gasteiger partial charge in [0.15, 0.2) is 0 Å². The van der Waals surface area contributed by atoms with Gasteiger partial charge < -0.3 is 4.74 Å². The molecule has 1 aliphatic heterocycles. The third kappa shape index (κ3) is 3.30. The van der Waals surface area contributed by atoms with Crippen molar-refractivity contribution in [2.24, 2.45) is 0 Å². The number of ether oxygens (including phenoxy) is 1. The Bertz CT molecular complexity index is 268. The Morgan fingerprint density at radius 2 is 1.73 bits per heavy atom. The van der Waals surface area contributed by atoms with E-state index in [0.29, 0.717) is 25.9 Å². The summed E-state index contributed by atoms with van der Waals surface area (Å²) in [6.45, 7) is 6.69. The SMILES string of the molecule is CC(C)(C)OC(=O)[N+]1(C)CCC(=O)CC1. The smallest absolute Gasteiger partial charge is 0.414 e. The van der Waals surface area contributed by atoms with Crippen molar-refractivity contribution < 1.29 is 18.8 Å². The van der Waals surface area contributed by atoms with Crippen molar-refractivity contribution in [1.29, 1.82) is 0 Å². The molecule has 0 aliphatic carbocycles. The lowest BCUT2D eigenvalue weighted by molar-refractivity contribution is -0.840. The van der Waals surface area contributed by atoms with Gasteiger partial charge in [-0.25, -0.2) is 4.48 Å². The number of hydrogen-bond donors (Lipinski definition) is 0. The quantitative estimate of drug-likeness (QED) is 0.577. The summed E-state index contributed by atoms with van der Waals surface area (Å²) in [5.41, 5.74) is -0.459. The van der Waals surface area contributed by atoms with Gasteiger partial charge in [-0.3, -0.25) is 4.79 Å². The van der Waals surface area contributed by atoms with Crippen LogP contribution in [0.3, 0.4) is 0 Å². The molecule has 1 aliphatic rings. The average molecular weight is 214 g/mol. The lowest BCUT2D eigenvalue weighted by Crippen LogP contribution is -2.55. The van der Waals surface area contributed by atoms with Crippen molar-refractivity contribution in [1.82, 2.24) is 0 Å². The lowest BCUT2D eigenvalue weighted by atomic mass is 10.1. The van der Waals surface area contributed by atoms with Crippen molar-refractivity contribution in [3.63, 3.8) is 0 Å². The number of carbonyl (C=O) groups excluding carboxylic acids is 2. The normalized spacial score (nSPS) is 21.2. The fourth-order valence-corrected chi connectivity index (χ4v) is 1.53. The van der Waals surface area contributed by atoms with Gasteiger partial charge in [-0.1, -0.05) is 0 Å². The summed E-state index contributed by atoms with van der Waals surface area (Å²) in [5.74, 6) is 0.245. The molecule has 1 heterocycles. The monoisotopic (exact) mass is 214 g/mol. The topological polar surface area (TPSA) is 43.4 Å². The van der Waals surface area contributed by atoms with E-state index in [2.05, 4.69) is 0 Å². The molecule has 0 N–H and O–H groups in total. The lowest BCUT2D eigenvalue weighted by Gasteiger charge is -2.35. The van der Waals surface area contributed by atoms with Crippen LogP contribution in [0.4, 0.5) is 4.79 Å². The van der Waals surface area contributed by atoms with Crippen LogP contribution in [0.15, 0.2) is 0 Å². The Kier molecular flexibility index (Phi) is 3.19. The van der Waals surface area contributed by atoms with Gasteiger partial charge in [0.25, 0.3) is 0 Å². The van der Waals surface area contributed by atoms with E-state index in [9.17, 15) is 9.59 Å². The van der Waals surface area contributed by atoms with E-state index < -0.39 is 5.60 Å². The van der Waals surface area contributed by atoms with E-state index in [1.165, 1.54) is 0 Å². The predicted molar refractivity (Wildman–Crippen MR) is 56.4 cm³/mol. The molecule has 0 aromatic rings. The van der Waals surface area contributed by atoms with Crippen LogP contribution in [0.2, 0.25) is 0 Å². The highest BCUT2D eigenvalue weighted by molar-refractivity contribution is 5.79. The molecule has 1 fully saturated rings. The van der Waals surface area contributed by atoms with Crippen LogP contribution >= 0.6 is 0 Å². The maximum absolute atomic E-state index is 11.9. The number of rotatable bonds is 0. The van der Waals surface area contributed by atoms with Gasteiger partial charge in [0.05, 0.1) is 33.0 Å². The number of Topliss-reactive ketones (excluding diaryl/α,β-unsaturated/α-hetero) is 1. The Hall–Kier alpha value is -0.900. The molecule has 0 radical (unpaired) electrons. The number of piperidine rings is 1. The molecule has 86 valence electrons. The molecule has 0 aromatic heterocycles. The molecule has 0 atom stereocenters. The van der Waals surface area contributed by atoms with Crippen LogP contribution in [0.5, 0.6) is 0 Å². The summed E-state index contributed by atoms with van der Waals surface area (Å²) < 4.78 is 5.56. The maximum atomic E-state index is 11.9. The summed E-state index contributed by atoms with van der Waals surface area (Å²) in [6, 6.07) is 0. The molecular weight excluding hydrogens is 194 g/mol. The first-order chi connectivity index (χ1) is 6.73. The number of hydrogen-bond acceptors (Lipinski definition) is 3. The molecule has 1 amide bonds. The number of quaternary nitrogens is 1. The second-order valence-corrected chi connectivity index (χ2v) is 5.36. The third-order valence-electron chi connectivity index (χ3n) is 2.60. The molecule has 15 heavy (non-hydrogen) atoms. The van der Waals surface area contributed by atoms with Crippen LogP contribution in [-0.2, 0) is 9.53 Å². The number of ketones is 1. The molecule has 0 spiro atoms. The van der Waals surface area contributed by atoms with Crippen molar-refractivity contribution >= 4 is 11.9 Å². The third-order valence-corrected chi connectivity index (χ3v) is 2.60. The minimum absolute atomic E-state index is 0.225. The highest BCUT2D eigenvalue weighted by Gasteiger charge is 2.39. The summed E-state index contributed by atoms with van der Waals surface area (Å²) in [7, 11) is 1.83. The van der Waals surface area contributed by atoms with Crippen molar-refractivity contribution in [2.75, 3.05) is 20.1 Å². The van der Waals surface area contributed by atoms with Gasteiger partial charge in [0.2, 0.25) is 0 Å². The summed E-state index contributed by atoms with van der Waals surface area (Å²) in [5, 5.41) is 0. The maximum Gasteiger partial charge on any atom is 0.516 e. The van der Waals surface area contributed by atoms with Crippen molar-refractivity contribution in [3.05, 3.63) is 0 Å². The minimum atomic E-state index is -0.459. The van der Waals surface area contributed by atoms with E-state index in [-0.39, 0.29) is 16.4 Å². The fraction of sp³-hybridized carbons (Fsp3) is 0.818. The molecule has 4 heteroatoms. The first kappa shape index (κ1) is 12.2. The summed E-state index contributed by atoms with van der Waals surface area (Å²) >= 11 is 0. The van der Waals surface area contributed by atoms with Crippen LogP contribution in [0.25, 0.3) is 0 Å². The highest BCUT2D eigenvalue weighted by atomic mass is 16.6. The Balaban J connectivity index is 2.62. The minimum Gasteiger partial charge on any atom is -0.414 e. The molecule has 4 nitrogen and oxygen atoms in total. The van der Waals surface area contributed by atoms with E-state index in [1.54, 1.807) is 0 Å². The fourth-order valence-electron chi connectivity index (χ4n) is 1.53. The summed E-state index contributed by atoms with van der Waals surface area (Å²) in [6.07, 6.45) is 0.737. The Morgan fingerprint density at radius 3 is 2.13 bits per heavy atom. The number of likely N-dealkylation sites (tertiary alicyclic amines) is 1. The molecular formula is C11H20NO3+. The molecule has 0 unspecified atom stereocenters. The van der Waals surface area contributed by atoms with Crippen LogP contribution < -0.4 is 0 Å². The van der Waals surface area contributed by atoms with Gasteiger partial charge in [0.1, 0.15) is 11.4 Å². The van der Waals surface area contributed by atoms with E-state index >= 15 is 0 Å². The second-order valence-electron chi connectivity index (χ2n) is 5.36. The zero-order valence-electron chi connectivity index (χ0n) is 10.0. The zero-order chi connectivity index (χ0) is 11.7. The van der Waals surface area contributed by atoms with Crippen molar-refractivity contribution in [2.45, 2.75) is 39.2 Å². The Morgan fingerprint density at radius 1 is 1.27 bits per heavy atom. The van der Waals surface area contributed by atoms with E-state index in [4.69, 9.17) is 4.74 Å². The van der Waals surface area contributed by atoms with Crippen LogP contribution in [-0.4, -0.2) is 42.1 Å². The molecule has 0 saturated carbocycles. The Labute approximate surface area is 90.8 Å². The van der Waals surface area contributed by atoms with Gasteiger partial charge in [-0.2, -0.15) is 4.79 Å². The molecule has 0 bridgehead atoms.